The minimum atomic E-state index is -1.21. The largest absolute Gasteiger partial charge is 0.479 e. The molecule has 5 nitrogen and oxygen atoms in total. The van der Waals surface area contributed by atoms with Crippen molar-refractivity contribution in [3.05, 3.63) is 24.3 Å². The zero-order valence-electron chi connectivity index (χ0n) is 13.9. The molecule has 0 bridgehead atoms. The van der Waals surface area contributed by atoms with E-state index in [1.54, 1.807) is 0 Å². The molecular weight excluding hydrogens is 296 g/mol. The van der Waals surface area contributed by atoms with E-state index in [4.69, 9.17) is 20.4 Å². The van der Waals surface area contributed by atoms with Gasteiger partial charge in [-0.25, -0.2) is 4.79 Å². The summed E-state index contributed by atoms with van der Waals surface area (Å²) in [7, 11) is 0. The van der Waals surface area contributed by atoms with Crippen LogP contribution in [0.2, 0.25) is 0 Å². The van der Waals surface area contributed by atoms with Crippen molar-refractivity contribution in [2.24, 2.45) is 0 Å². The third kappa shape index (κ3) is 17.0. The highest BCUT2D eigenvalue weighted by atomic mass is 16.5. The lowest BCUT2D eigenvalue weighted by Crippen LogP contribution is -2.18. The minimum absolute atomic E-state index is 0.345. The Morgan fingerprint density at radius 3 is 1.78 bits per heavy atom. The number of unbranched alkanes of at least 4 members (excludes halogenated alkanes) is 7. The Morgan fingerprint density at radius 2 is 1.22 bits per heavy atom. The van der Waals surface area contributed by atoms with E-state index in [9.17, 15) is 4.79 Å². The first kappa shape index (κ1) is 21.8. The molecule has 0 spiro atoms. The maximum atomic E-state index is 10.4. The monoisotopic (exact) mass is 328 g/mol. The van der Waals surface area contributed by atoms with Crippen LogP contribution < -0.4 is 0 Å². The number of rotatable bonds is 15. The van der Waals surface area contributed by atoms with Crippen LogP contribution in [0.15, 0.2) is 24.3 Å². The molecule has 0 aromatic rings. The summed E-state index contributed by atoms with van der Waals surface area (Å²) in [4.78, 5) is 10.4. The van der Waals surface area contributed by atoms with Crippen LogP contribution in [0.3, 0.4) is 0 Å². The van der Waals surface area contributed by atoms with Gasteiger partial charge in [-0.2, -0.15) is 0 Å². The normalized spacial score (nSPS) is 13.4. The quantitative estimate of drug-likeness (QED) is 0.210. The van der Waals surface area contributed by atoms with Crippen LogP contribution in [-0.2, 0) is 4.79 Å². The van der Waals surface area contributed by atoms with Crippen molar-refractivity contribution in [2.45, 2.75) is 83.0 Å². The second-order valence-electron chi connectivity index (χ2n) is 5.82. The number of carboxylic acids is 1. The van der Waals surface area contributed by atoms with Crippen LogP contribution in [0.1, 0.15) is 70.6 Å². The summed E-state index contributed by atoms with van der Waals surface area (Å²) in [5, 5.41) is 35.0. The van der Waals surface area contributed by atoms with Crippen molar-refractivity contribution in [3.63, 3.8) is 0 Å². The fraction of sp³-hybridized carbons (Fsp3) is 0.722. The molecule has 0 rings (SSSR count). The highest BCUT2D eigenvalue weighted by molar-refractivity contribution is 5.71. The van der Waals surface area contributed by atoms with Crippen molar-refractivity contribution < 1.29 is 25.2 Å². The number of carboxylic acid groups (broad SMARTS) is 1. The molecule has 0 fully saturated rings. The fourth-order valence-electron chi connectivity index (χ4n) is 2.19. The minimum Gasteiger partial charge on any atom is -0.479 e. The van der Waals surface area contributed by atoms with Gasteiger partial charge in [0.25, 0.3) is 0 Å². The highest BCUT2D eigenvalue weighted by Crippen LogP contribution is 2.09. The summed E-state index contributed by atoms with van der Waals surface area (Å²) in [6.45, 7) is 0. The standard InChI is InChI=1S/C18H32O5/c19-16(18(22)23)14-12-10-8-6-4-2-1-3-5-7-9-11-13-15-17(20)21/h1,3,5,7,16-17,19-21H,2,4,6,8-15H2,(H,22,23)/b3-1+,7-5+. The number of aliphatic hydroxyl groups excluding tert-OH is 2. The van der Waals surface area contributed by atoms with Crippen LogP contribution in [0, 0.1) is 0 Å². The Morgan fingerprint density at radius 1 is 0.739 bits per heavy atom. The van der Waals surface area contributed by atoms with E-state index in [1.807, 2.05) is 12.2 Å². The van der Waals surface area contributed by atoms with Gasteiger partial charge >= 0.3 is 5.97 Å². The Kier molecular flexibility index (Phi) is 14.9. The van der Waals surface area contributed by atoms with Crippen LogP contribution in [0.5, 0.6) is 0 Å². The van der Waals surface area contributed by atoms with Crippen LogP contribution >= 0.6 is 0 Å². The lowest BCUT2D eigenvalue weighted by atomic mass is 10.1. The molecule has 134 valence electrons. The molecule has 0 aliphatic heterocycles. The van der Waals surface area contributed by atoms with Gasteiger partial charge in [0.2, 0.25) is 0 Å². The molecule has 0 amide bonds. The topological polar surface area (TPSA) is 98.0 Å². The summed E-state index contributed by atoms with van der Waals surface area (Å²) in [5.41, 5.74) is 0. The number of hydrogen-bond donors (Lipinski definition) is 4. The van der Waals surface area contributed by atoms with Crippen molar-refractivity contribution in [1.29, 1.82) is 0 Å². The first-order valence-electron chi connectivity index (χ1n) is 8.62. The molecule has 0 radical (unpaired) electrons. The summed E-state index contributed by atoms with van der Waals surface area (Å²) in [5.74, 6) is -1.13. The fourth-order valence-corrected chi connectivity index (χ4v) is 2.19. The predicted octanol–water partition coefficient (Wildman–Crippen LogP) is 3.15. The van der Waals surface area contributed by atoms with Crippen LogP contribution in [0.25, 0.3) is 0 Å². The van der Waals surface area contributed by atoms with E-state index < -0.39 is 18.4 Å². The van der Waals surface area contributed by atoms with Crippen LogP contribution in [-0.4, -0.2) is 38.8 Å². The molecule has 0 aromatic carbocycles. The van der Waals surface area contributed by atoms with Gasteiger partial charge in [0, 0.05) is 0 Å². The molecule has 0 aromatic heterocycles. The molecule has 5 heteroatoms. The molecule has 0 heterocycles. The first-order valence-corrected chi connectivity index (χ1v) is 8.62. The van der Waals surface area contributed by atoms with Crippen molar-refractivity contribution >= 4 is 5.97 Å². The Hall–Kier alpha value is -1.17. The Bertz CT molecular complexity index is 336. The zero-order chi connectivity index (χ0) is 17.3. The average Bonchev–Trinajstić information content (AvgIpc) is 2.50. The third-order valence-electron chi connectivity index (χ3n) is 3.60. The SMILES string of the molecule is O=C(O)C(O)CCCCCCC/C=C/C=C/CCCCC(O)O. The van der Waals surface area contributed by atoms with E-state index >= 15 is 0 Å². The lowest BCUT2D eigenvalue weighted by molar-refractivity contribution is -0.146. The Balaban J connectivity index is 3.29. The number of hydrogen-bond acceptors (Lipinski definition) is 4. The van der Waals surface area contributed by atoms with Gasteiger partial charge in [-0.3, -0.25) is 0 Å². The van der Waals surface area contributed by atoms with E-state index in [2.05, 4.69) is 12.2 Å². The molecule has 23 heavy (non-hydrogen) atoms. The lowest BCUT2D eigenvalue weighted by Gasteiger charge is -2.04. The molecule has 1 atom stereocenters. The van der Waals surface area contributed by atoms with Gasteiger partial charge < -0.3 is 20.4 Å². The molecule has 0 saturated carbocycles. The number of aliphatic carboxylic acids is 1. The molecule has 1 unspecified atom stereocenters. The van der Waals surface area contributed by atoms with Crippen molar-refractivity contribution in [1.82, 2.24) is 0 Å². The molecule has 0 aliphatic carbocycles. The van der Waals surface area contributed by atoms with Gasteiger partial charge in [0.1, 0.15) is 0 Å². The Labute approximate surface area is 139 Å². The van der Waals surface area contributed by atoms with Gasteiger partial charge in [-0.15, -0.1) is 0 Å². The molecule has 0 saturated heterocycles. The van der Waals surface area contributed by atoms with E-state index in [-0.39, 0.29) is 0 Å². The van der Waals surface area contributed by atoms with E-state index in [0.717, 1.165) is 57.8 Å². The van der Waals surface area contributed by atoms with E-state index in [1.165, 1.54) is 0 Å². The summed E-state index contributed by atoms with van der Waals surface area (Å²) < 4.78 is 0. The average molecular weight is 328 g/mol. The summed E-state index contributed by atoms with van der Waals surface area (Å²) >= 11 is 0. The zero-order valence-corrected chi connectivity index (χ0v) is 13.9. The van der Waals surface area contributed by atoms with E-state index in [0.29, 0.717) is 12.8 Å². The first-order chi connectivity index (χ1) is 11.0. The van der Waals surface area contributed by atoms with Crippen molar-refractivity contribution in [2.75, 3.05) is 0 Å². The van der Waals surface area contributed by atoms with Crippen molar-refractivity contribution in [3.8, 4) is 0 Å². The summed E-state index contributed by atoms with van der Waals surface area (Å²) in [6, 6.07) is 0. The number of aliphatic hydroxyl groups is 3. The number of carbonyl (C=O) groups is 1. The molecule has 4 N–H and O–H groups in total. The highest BCUT2D eigenvalue weighted by Gasteiger charge is 2.11. The smallest absolute Gasteiger partial charge is 0.332 e. The second-order valence-corrected chi connectivity index (χ2v) is 5.82. The second kappa shape index (κ2) is 15.7. The predicted molar refractivity (Wildman–Crippen MR) is 90.9 cm³/mol. The van der Waals surface area contributed by atoms with Crippen LogP contribution in [0.4, 0.5) is 0 Å². The van der Waals surface area contributed by atoms with Gasteiger partial charge in [0.15, 0.2) is 12.4 Å². The maximum Gasteiger partial charge on any atom is 0.332 e. The third-order valence-corrected chi connectivity index (χ3v) is 3.60. The van der Waals surface area contributed by atoms with Gasteiger partial charge in [-0.1, -0.05) is 50.0 Å². The summed E-state index contributed by atoms with van der Waals surface area (Å²) in [6.07, 6.45) is 15.6. The molecular formula is C18H32O5. The van der Waals surface area contributed by atoms with Gasteiger partial charge in [-0.05, 0) is 44.9 Å². The maximum absolute atomic E-state index is 10.4. The number of allylic oxidation sites excluding steroid dienone is 4. The molecule has 0 aliphatic rings. The van der Waals surface area contributed by atoms with Gasteiger partial charge in [0.05, 0.1) is 0 Å².